The molecule has 0 saturated carbocycles. The topological polar surface area (TPSA) is 73.6 Å². The van der Waals surface area contributed by atoms with Gasteiger partial charge < -0.3 is 10.1 Å². The lowest BCUT2D eigenvalue weighted by Crippen LogP contribution is -2.22. The van der Waals surface area contributed by atoms with Gasteiger partial charge in [0.2, 0.25) is 0 Å². The molecule has 0 amide bonds. The van der Waals surface area contributed by atoms with Crippen LogP contribution in [0.25, 0.3) is 16.6 Å². The van der Waals surface area contributed by atoms with E-state index in [2.05, 4.69) is 9.97 Å². The van der Waals surface area contributed by atoms with Gasteiger partial charge >= 0.3 is 0 Å². The Hall–Kier alpha value is -3.19. The third-order valence-electron chi connectivity index (χ3n) is 4.23. The average molecular weight is 352 g/mol. The maximum Gasteiger partial charge on any atom is 0.258 e. The van der Waals surface area contributed by atoms with Gasteiger partial charge in [0.1, 0.15) is 5.82 Å². The fraction of sp³-hybridized carbons (Fsp3) is 0.158. The van der Waals surface area contributed by atoms with Gasteiger partial charge in [0.25, 0.3) is 5.56 Å². The Morgan fingerprint density at radius 1 is 1.23 bits per heavy atom. The van der Waals surface area contributed by atoms with E-state index in [4.69, 9.17) is 0 Å². The van der Waals surface area contributed by atoms with Crippen LogP contribution >= 0.6 is 0 Å². The number of H-pyrrole nitrogens is 1. The van der Waals surface area contributed by atoms with E-state index < -0.39 is 0 Å². The van der Waals surface area contributed by atoms with Gasteiger partial charge in [-0.1, -0.05) is 0 Å². The van der Waals surface area contributed by atoms with E-state index in [1.165, 1.54) is 28.7 Å². The fourth-order valence-electron chi connectivity index (χ4n) is 3.11. The van der Waals surface area contributed by atoms with E-state index in [9.17, 15) is 14.3 Å². The number of hydrogen-bond acceptors (Lipinski definition) is 4. The molecule has 0 aliphatic carbocycles. The molecule has 3 heterocycles. The zero-order valence-electron chi connectivity index (χ0n) is 14.1. The van der Waals surface area contributed by atoms with E-state index >= 15 is 0 Å². The molecule has 0 bridgehead atoms. The minimum atomic E-state index is -0.267. The lowest BCUT2D eigenvalue weighted by atomic mass is 10.2. The van der Waals surface area contributed by atoms with Gasteiger partial charge in [-0.05, 0) is 43.4 Å². The van der Waals surface area contributed by atoms with Gasteiger partial charge in [-0.25, -0.2) is 9.37 Å². The number of hydrogen-bond donors (Lipinski definition) is 2. The summed E-state index contributed by atoms with van der Waals surface area (Å²) in [5.74, 6) is -0.302. The summed E-state index contributed by atoms with van der Waals surface area (Å²) in [5.41, 5.74) is 2.39. The van der Waals surface area contributed by atoms with Crippen molar-refractivity contribution in [3.8, 4) is 5.75 Å². The number of aromatic hydroxyl groups is 1. The second kappa shape index (κ2) is 6.27. The quantitative estimate of drug-likeness (QED) is 0.592. The molecular formula is C19H17FN4O2. The number of pyridine rings is 1. The maximum absolute atomic E-state index is 13.3. The van der Waals surface area contributed by atoms with Crippen molar-refractivity contribution in [3.05, 3.63) is 76.2 Å². The van der Waals surface area contributed by atoms with Crippen LogP contribution in [0.1, 0.15) is 11.4 Å². The van der Waals surface area contributed by atoms with Crippen LogP contribution in [0.15, 0.2) is 53.5 Å². The monoisotopic (exact) mass is 352 g/mol. The van der Waals surface area contributed by atoms with Crippen molar-refractivity contribution in [2.24, 2.45) is 0 Å². The van der Waals surface area contributed by atoms with Gasteiger partial charge in [-0.3, -0.25) is 14.1 Å². The predicted molar refractivity (Wildman–Crippen MR) is 96.6 cm³/mol. The SMILES string of the molecule is CN(Cc1cc(=O)n2cccc(O)c2n1)Cc1cc2cc(F)ccc2[nH]1. The normalized spacial score (nSPS) is 11.7. The summed E-state index contributed by atoms with van der Waals surface area (Å²) < 4.78 is 14.6. The summed E-state index contributed by atoms with van der Waals surface area (Å²) in [6, 6.07) is 11.1. The molecule has 4 aromatic rings. The maximum atomic E-state index is 13.3. The summed E-state index contributed by atoms with van der Waals surface area (Å²) in [6.45, 7) is 1.02. The molecule has 0 fully saturated rings. The fourth-order valence-corrected chi connectivity index (χ4v) is 3.11. The molecule has 4 rings (SSSR count). The van der Waals surface area contributed by atoms with Crippen molar-refractivity contribution >= 4 is 16.6 Å². The second-order valence-corrected chi connectivity index (χ2v) is 6.37. The minimum Gasteiger partial charge on any atom is -0.504 e. The van der Waals surface area contributed by atoms with Crippen molar-refractivity contribution in [3.63, 3.8) is 0 Å². The van der Waals surface area contributed by atoms with Crippen molar-refractivity contribution in [1.82, 2.24) is 19.3 Å². The molecule has 0 aliphatic rings. The molecular weight excluding hydrogens is 335 g/mol. The first kappa shape index (κ1) is 16.3. The van der Waals surface area contributed by atoms with Gasteiger partial charge in [-0.15, -0.1) is 0 Å². The summed E-state index contributed by atoms with van der Waals surface area (Å²) in [5, 5.41) is 10.7. The Morgan fingerprint density at radius 2 is 2.08 bits per heavy atom. The van der Waals surface area contributed by atoms with Gasteiger partial charge in [-0.2, -0.15) is 0 Å². The summed E-state index contributed by atoms with van der Waals surface area (Å²) in [6.07, 6.45) is 1.57. The van der Waals surface area contributed by atoms with E-state index in [-0.39, 0.29) is 22.8 Å². The molecule has 26 heavy (non-hydrogen) atoms. The minimum absolute atomic E-state index is 0.0354. The first-order valence-corrected chi connectivity index (χ1v) is 8.15. The van der Waals surface area contributed by atoms with Crippen LogP contribution in [0.2, 0.25) is 0 Å². The van der Waals surface area contributed by atoms with Crippen LogP contribution in [0.4, 0.5) is 4.39 Å². The molecule has 0 aliphatic heterocycles. The van der Waals surface area contributed by atoms with Gasteiger partial charge in [0.15, 0.2) is 11.4 Å². The number of nitrogens with zero attached hydrogens (tertiary/aromatic N) is 3. The highest BCUT2D eigenvalue weighted by atomic mass is 19.1. The van der Waals surface area contributed by atoms with Crippen LogP contribution in [-0.4, -0.2) is 31.4 Å². The molecule has 0 spiro atoms. The molecule has 132 valence electrons. The molecule has 0 unspecified atom stereocenters. The zero-order valence-corrected chi connectivity index (χ0v) is 14.1. The Balaban J connectivity index is 1.57. The largest absolute Gasteiger partial charge is 0.504 e. The summed E-state index contributed by atoms with van der Waals surface area (Å²) >= 11 is 0. The highest BCUT2D eigenvalue weighted by molar-refractivity contribution is 5.80. The van der Waals surface area contributed by atoms with Gasteiger partial charge in [0, 0.05) is 41.9 Å². The van der Waals surface area contributed by atoms with Crippen LogP contribution in [-0.2, 0) is 13.1 Å². The molecule has 1 aromatic carbocycles. The van der Waals surface area contributed by atoms with E-state index in [0.717, 1.165) is 16.6 Å². The molecule has 0 atom stereocenters. The third kappa shape index (κ3) is 3.04. The highest BCUT2D eigenvalue weighted by Crippen LogP contribution is 2.18. The zero-order chi connectivity index (χ0) is 18.3. The number of fused-ring (bicyclic) bond motifs is 2. The van der Waals surface area contributed by atoms with Gasteiger partial charge in [0.05, 0.1) is 5.69 Å². The van der Waals surface area contributed by atoms with Crippen molar-refractivity contribution in [2.75, 3.05) is 7.05 Å². The van der Waals surface area contributed by atoms with Crippen LogP contribution in [0.5, 0.6) is 5.75 Å². The van der Waals surface area contributed by atoms with Crippen LogP contribution in [0, 0.1) is 5.82 Å². The molecule has 6 nitrogen and oxygen atoms in total. The Kier molecular flexibility index (Phi) is 3.93. The number of nitrogens with one attached hydrogen (secondary N) is 1. The Bertz CT molecular complexity index is 1170. The second-order valence-electron chi connectivity index (χ2n) is 6.37. The molecule has 0 saturated heterocycles. The van der Waals surface area contributed by atoms with Crippen LogP contribution in [0.3, 0.4) is 0 Å². The molecule has 0 radical (unpaired) electrons. The first-order valence-electron chi connectivity index (χ1n) is 8.15. The third-order valence-corrected chi connectivity index (χ3v) is 4.23. The predicted octanol–water partition coefficient (Wildman–Crippen LogP) is 2.65. The van der Waals surface area contributed by atoms with E-state index in [1.807, 2.05) is 18.0 Å². The Labute approximate surface area is 148 Å². The number of benzene rings is 1. The average Bonchev–Trinajstić information content (AvgIpc) is 2.97. The van der Waals surface area contributed by atoms with Crippen molar-refractivity contribution < 1.29 is 9.50 Å². The summed E-state index contributed by atoms with van der Waals surface area (Å²) in [7, 11) is 1.90. The van der Waals surface area contributed by atoms with Crippen molar-refractivity contribution in [2.45, 2.75) is 13.1 Å². The van der Waals surface area contributed by atoms with E-state index in [1.54, 1.807) is 18.3 Å². The smallest absolute Gasteiger partial charge is 0.258 e. The lowest BCUT2D eigenvalue weighted by molar-refractivity contribution is 0.312. The number of aromatic amines is 1. The number of rotatable bonds is 4. The Morgan fingerprint density at radius 3 is 2.92 bits per heavy atom. The lowest BCUT2D eigenvalue weighted by Gasteiger charge is -2.15. The number of aromatic nitrogens is 3. The first-order chi connectivity index (χ1) is 12.5. The molecule has 2 N–H and O–H groups in total. The van der Waals surface area contributed by atoms with Crippen molar-refractivity contribution in [1.29, 1.82) is 0 Å². The van der Waals surface area contributed by atoms with E-state index in [0.29, 0.717) is 18.8 Å². The number of halogens is 1. The standard InChI is InChI=1S/C19H17FN4O2/c1-23(10-14-8-12-7-13(20)4-5-16(12)21-14)11-15-9-18(26)24-6-2-3-17(25)19(24)22-15/h2-9,21,25H,10-11H2,1H3. The molecule has 7 heteroatoms. The van der Waals surface area contributed by atoms with Crippen LogP contribution < -0.4 is 5.56 Å². The summed E-state index contributed by atoms with van der Waals surface area (Å²) in [4.78, 5) is 21.8. The highest BCUT2D eigenvalue weighted by Gasteiger charge is 2.10. The molecule has 3 aromatic heterocycles.